The zero-order valence-electron chi connectivity index (χ0n) is 9.93. The van der Waals surface area contributed by atoms with Crippen LogP contribution in [0.4, 0.5) is 0 Å². The minimum absolute atomic E-state index is 0.00838. The highest BCUT2D eigenvalue weighted by molar-refractivity contribution is 7.13. The Morgan fingerprint density at radius 2 is 2.31 bits per heavy atom. The van der Waals surface area contributed by atoms with Gasteiger partial charge in [0.25, 0.3) is 5.91 Å². The Hall–Kier alpha value is -0.940. The van der Waals surface area contributed by atoms with E-state index in [0.717, 1.165) is 5.01 Å². The summed E-state index contributed by atoms with van der Waals surface area (Å²) < 4.78 is 0. The normalized spacial score (nSPS) is 10.8. The third-order valence-corrected chi connectivity index (χ3v) is 3.17. The van der Waals surface area contributed by atoms with Crippen molar-refractivity contribution in [2.75, 3.05) is 13.2 Å². The summed E-state index contributed by atoms with van der Waals surface area (Å²) in [6, 6.07) is 0.140. The molecule has 4 nitrogen and oxygen atoms in total. The van der Waals surface area contributed by atoms with Gasteiger partial charge < -0.3 is 10.0 Å². The van der Waals surface area contributed by atoms with E-state index in [0.29, 0.717) is 17.8 Å². The largest absolute Gasteiger partial charge is 0.396 e. The van der Waals surface area contributed by atoms with E-state index in [1.807, 2.05) is 20.8 Å². The number of thiazole rings is 1. The van der Waals surface area contributed by atoms with Crippen LogP contribution in [0.25, 0.3) is 0 Å². The van der Waals surface area contributed by atoms with Crippen LogP contribution in [-0.4, -0.2) is 40.1 Å². The van der Waals surface area contributed by atoms with Crippen molar-refractivity contribution in [1.29, 1.82) is 0 Å². The Morgan fingerprint density at radius 3 is 2.75 bits per heavy atom. The SMILES string of the molecule is Cc1ncc(C(=O)N(CCCO)C(C)C)s1. The maximum absolute atomic E-state index is 12.1. The van der Waals surface area contributed by atoms with Gasteiger partial charge in [-0.3, -0.25) is 4.79 Å². The highest BCUT2D eigenvalue weighted by atomic mass is 32.1. The van der Waals surface area contributed by atoms with Gasteiger partial charge in [-0.15, -0.1) is 11.3 Å². The molecule has 0 spiro atoms. The number of carbonyl (C=O) groups excluding carboxylic acids is 1. The average Bonchev–Trinajstić information content (AvgIpc) is 2.64. The molecule has 0 fully saturated rings. The number of carbonyl (C=O) groups is 1. The predicted molar refractivity (Wildman–Crippen MR) is 64.7 cm³/mol. The van der Waals surface area contributed by atoms with Crippen LogP contribution in [0, 0.1) is 6.92 Å². The van der Waals surface area contributed by atoms with Crippen molar-refractivity contribution in [1.82, 2.24) is 9.88 Å². The number of hydrogen-bond donors (Lipinski definition) is 1. The second-order valence-corrected chi connectivity index (χ2v) is 5.15. The standard InChI is InChI=1S/C11H18N2O2S/c1-8(2)13(5-4-6-14)11(15)10-7-12-9(3)16-10/h7-8,14H,4-6H2,1-3H3. The molecule has 1 heterocycles. The Morgan fingerprint density at radius 1 is 1.62 bits per heavy atom. The molecule has 0 unspecified atom stereocenters. The molecule has 1 aromatic rings. The van der Waals surface area contributed by atoms with Gasteiger partial charge in [0.05, 0.1) is 11.2 Å². The third-order valence-electron chi connectivity index (χ3n) is 2.27. The zero-order valence-corrected chi connectivity index (χ0v) is 10.8. The third kappa shape index (κ3) is 3.28. The summed E-state index contributed by atoms with van der Waals surface area (Å²) in [5.74, 6) is 0.00838. The second kappa shape index (κ2) is 5.96. The van der Waals surface area contributed by atoms with Gasteiger partial charge in [-0.25, -0.2) is 4.98 Å². The molecule has 0 atom stereocenters. The van der Waals surface area contributed by atoms with E-state index in [2.05, 4.69) is 4.98 Å². The van der Waals surface area contributed by atoms with E-state index in [-0.39, 0.29) is 18.6 Å². The first kappa shape index (κ1) is 13.1. The predicted octanol–water partition coefficient (Wildman–Crippen LogP) is 1.68. The van der Waals surface area contributed by atoms with Gasteiger partial charge in [0.2, 0.25) is 0 Å². The number of nitrogens with zero attached hydrogens (tertiary/aromatic N) is 2. The molecule has 1 amide bonds. The second-order valence-electron chi connectivity index (χ2n) is 3.91. The fourth-order valence-corrected chi connectivity index (χ4v) is 2.17. The summed E-state index contributed by atoms with van der Waals surface area (Å²) >= 11 is 1.41. The Kier molecular flexibility index (Phi) is 4.89. The van der Waals surface area contributed by atoms with Gasteiger partial charge in [0.1, 0.15) is 4.88 Å². The molecule has 0 aliphatic carbocycles. The molecule has 16 heavy (non-hydrogen) atoms. The molecule has 1 rings (SSSR count). The van der Waals surface area contributed by atoms with Crippen LogP contribution in [-0.2, 0) is 0 Å². The Bertz CT molecular complexity index is 350. The Labute approximate surface area is 99.9 Å². The number of rotatable bonds is 5. The smallest absolute Gasteiger partial charge is 0.265 e. The molecular weight excluding hydrogens is 224 g/mol. The quantitative estimate of drug-likeness (QED) is 0.854. The van der Waals surface area contributed by atoms with Crippen molar-refractivity contribution in [2.24, 2.45) is 0 Å². The maximum Gasteiger partial charge on any atom is 0.265 e. The van der Waals surface area contributed by atoms with E-state index in [9.17, 15) is 4.79 Å². The van der Waals surface area contributed by atoms with Crippen molar-refractivity contribution < 1.29 is 9.90 Å². The number of amides is 1. The van der Waals surface area contributed by atoms with Crippen molar-refractivity contribution >= 4 is 17.2 Å². The fourth-order valence-electron chi connectivity index (χ4n) is 1.44. The molecule has 0 radical (unpaired) electrons. The van der Waals surface area contributed by atoms with Gasteiger partial charge in [0.15, 0.2) is 0 Å². The monoisotopic (exact) mass is 242 g/mol. The molecule has 0 bridgehead atoms. The van der Waals surface area contributed by atoms with Crippen LogP contribution in [0.1, 0.15) is 34.9 Å². The van der Waals surface area contributed by atoms with Crippen molar-refractivity contribution in [3.63, 3.8) is 0 Å². The van der Waals surface area contributed by atoms with E-state index in [1.165, 1.54) is 11.3 Å². The first-order valence-corrected chi connectivity index (χ1v) is 6.22. The summed E-state index contributed by atoms with van der Waals surface area (Å²) in [5.41, 5.74) is 0. The number of aryl methyl sites for hydroxylation is 1. The van der Waals surface area contributed by atoms with E-state index >= 15 is 0 Å². The summed E-state index contributed by atoms with van der Waals surface area (Å²) in [6.07, 6.45) is 2.23. The molecule has 90 valence electrons. The van der Waals surface area contributed by atoms with Crippen LogP contribution in [0.5, 0.6) is 0 Å². The van der Waals surface area contributed by atoms with Gasteiger partial charge in [0, 0.05) is 19.2 Å². The molecule has 0 aliphatic heterocycles. The molecule has 5 heteroatoms. The van der Waals surface area contributed by atoms with Crippen LogP contribution >= 0.6 is 11.3 Å². The molecule has 0 aliphatic rings. The van der Waals surface area contributed by atoms with Crippen molar-refractivity contribution in [2.45, 2.75) is 33.2 Å². The molecular formula is C11H18N2O2S. The molecule has 1 N–H and O–H groups in total. The average molecular weight is 242 g/mol. The van der Waals surface area contributed by atoms with E-state index in [4.69, 9.17) is 5.11 Å². The summed E-state index contributed by atoms with van der Waals surface area (Å²) in [6.45, 7) is 6.53. The van der Waals surface area contributed by atoms with Gasteiger partial charge in [-0.2, -0.15) is 0 Å². The summed E-state index contributed by atoms with van der Waals surface area (Å²) in [4.78, 5) is 18.6. The summed E-state index contributed by atoms with van der Waals surface area (Å²) in [7, 11) is 0. The number of aliphatic hydroxyl groups excluding tert-OH is 1. The molecule has 0 saturated heterocycles. The van der Waals surface area contributed by atoms with Crippen LogP contribution in [0.3, 0.4) is 0 Å². The topological polar surface area (TPSA) is 53.4 Å². The lowest BCUT2D eigenvalue weighted by molar-refractivity contribution is 0.0698. The lowest BCUT2D eigenvalue weighted by atomic mass is 10.2. The van der Waals surface area contributed by atoms with E-state index < -0.39 is 0 Å². The zero-order chi connectivity index (χ0) is 12.1. The van der Waals surface area contributed by atoms with Gasteiger partial charge >= 0.3 is 0 Å². The highest BCUT2D eigenvalue weighted by Crippen LogP contribution is 2.16. The van der Waals surface area contributed by atoms with Crippen LogP contribution in [0.2, 0.25) is 0 Å². The van der Waals surface area contributed by atoms with Crippen LogP contribution < -0.4 is 0 Å². The number of aliphatic hydroxyl groups is 1. The van der Waals surface area contributed by atoms with Crippen molar-refractivity contribution in [3.8, 4) is 0 Å². The first-order valence-electron chi connectivity index (χ1n) is 5.40. The molecule has 0 aromatic carbocycles. The minimum atomic E-state index is 0.00838. The fraction of sp³-hybridized carbons (Fsp3) is 0.636. The maximum atomic E-state index is 12.1. The van der Waals surface area contributed by atoms with Crippen molar-refractivity contribution in [3.05, 3.63) is 16.1 Å². The lowest BCUT2D eigenvalue weighted by Gasteiger charge is -2.25. The van der Waals surface area contributed by atoms with E-state index in [1.54, 1.807) is 11.1 Å². The highest BCUT2D eigenvalue weighted by Gasteiger charge is 2.19. The van der Waals surface area contributed by atoms with Crippen LogP contribution in [0.15, 0.2) is 6.20 Å². The minimum Gasteiger partial charge on any atom is -0.396 e. The molecule has 1 aromatic heterocycles. The lowest BCUT2D eigenvalue weighted by Crippen LogP contribution is -2.37. The first-order chi connectivity index (χ1) is 7.56. The summed E-state index contributed by atoms with van der Waals surface area (Å²) in [5, 5.41) is 9.70. The van der Waals surface area contributed by atoms with Gasteiger partial charge in [-0.1, -0.05) is 0 Å². The number of aromatic nitrogens is 1. The Balaban J connectivity index is 2.74. The number of hydrogen-bond acceptors (Lipinski definition) is 4. The molecule has 0 saturated carbocycles. The van der Waals surface area contributed by atoms with Gasteiger partial charge in [-0.05, 0) is 27.2 Å².